The second-order valence-corrected chi connectivity index (χ2v) is 7.93. The molecule has 1 aromatic rings. The predicted molar refractivity (Wildman–Crippen MR) is 81.9 cm³/mol. The smallest absolute Gasteiger partial charge is 0.211 e. The van der Waals surface area contributed by atoms with Gasteiger partial charge in [0.2, 0.25) is 10.0 Å². The van der Waals surface area contributed by atoms with Gasteiger partial charge in [-0.25, -0.2) is 13.1 Å². The summed E-state index contributed by atoms with van der Waals surface area (Å²) in [6, 6.07) is 4.56. The van der Waals surface area contributed by atoms with Crippen molar-refractivity contribution >= 4 is 49.3 Å². The van der Waals surface area contributed by atoms with Crippen LogP contribution in [-0.2, 0) is 10.0 Å². The molecule has 1 rings (SSSR count). The van der Waals surface area contributed by atoms with Gasteiger partial charge in [0.1, 0.15) is 0 Å². The number of rotatable bonds is 6. The minimum Gasteiger partial charge on any atom is -0.211 e. The van der Waals surface area contributed by atoms with Gasteiger partial charge < -0.3 is 0 Å². The average molecular weight is 373 g/mol. The molecule has 0 fully saturated rings. The second kappa shape index (κ2) is 7.14. The fourth-order valence-electron chi connectivity index (χ4n) is 1.32. The van der Waals surface area contributed by atoms with Gasteiger partial charge >= 0.3 is 0 Å². The lowest BCUT2D eigenvalue weighted by Crippen LogP contribution is -2.29. The first-order valence-corrected chi connectivity index (χ1v) is 9.35. The van der Waals surface area contributed by atoms with Gasteiger partial charge in [-0.3, -0.25) is 0 Å². The number of nitrogens with one attached hydrogen (secondary N) is 1. The Morgan fingerprint density at radius 3 is 2.72 bits per heavy atom. The van der Waals surface area contributed by atoms with Gasteiger partial charge in [-0.15, -0.1) is 0 Å². The second-order valence-electron chi connectivity index (χ2n) is 3.99. The van der Waals surface area contributed by atoms with Crippen LogP contribution in [0.5, 0.6) is 0 Å². The highest BCUT2D eigenvalue weighted by molar-refractivity contribution is 9.10. The van der Waals surface area contributed by atoms with Crippen molar-refractivity contribution in [2.45, 2.75) is 11.8 Å². The van der Waals surface area contributed by atoms with Crippen molar-refractivity contribution in [3.8, 4) is 0 Å². The van der Waals surface area contributed by atoms with Crippen LogP contribution in [0.2, 0.25) is 5.02 Å². The standard InChI is InChI=1S/C11H15BrClNO2S2/c1-8(7-17-2)6-14-18(15,16)9-3-4-11(13)10(12)5-9/h3-5,8,14H,6-7H2,1-2H3. The minimum absolute atomic E-state index is 0.218. The van der Waals surface area contributed by atoms with E-state index in [1.165, 1.54) is 12.1 Å². The molecule has 0 saturated carbocycles. The molecule has 1 atom stereocenters. The molecule has 0 aliphatic carbocycles. The third-order valence-electron chi connectivity index (χ3n) is 2.27. The van der Waals surface area contributed by atoms with Crippen LogP contribution >= 0.6 is 39.3 Å². The first-order chi connectivity index (χ1) is 8.36. The van der Waals surface area contributed by atoms with Crippen LogP contribution in [-0.4, -0.2) is 27.0 Å². The number of hydrogen-bond donors (Lipinski definition) is 1. The van der Waals surface area contributed by atoms with Crippen LogP contribution in [0.1, 0.15) is 6.92 Å². The van der Waals surface area contributed by atoms with Gasteiger partial charge in [-0.05, 0) is 52.1 Å². The maximum Gasteiger partial charge on any atom is 0.240 e. The van der Waals surface area contributed by atoms with Gasteiger partial charge in [-0.2, -0.15) is 11.8 Å². The van der Waals surface area contributed by atoms with Crippen molar-refractivity contribution in [1.82, 2.24) is 4.72 Å². The molecule has 1 N–H and O–H groups in total. The van der Waals surface area contributed by atoms with Crippen LogP contribution in [0.4, 0.5) is 0 Å². The Bertz CT molecular complexity index is 508. The maximum absolute atomic E-state index is 12.0. The van der Waals surface area contributed by atoms with E-state index in [1.807, 2.05) is 13.2 Å². The fraction of sp³-hybridized carbons (Fsp3) is 0.455. The highest BCUT2D eigenvalue weighted by Gasteiger charge is 2.16. The zero-order chi connectivity index (χ0) is 13.8. The molecule has 0 heterocycles. The average Bonchev–Trinajstić information content (AvgIpc) is 2.30. The van der Waals surface area contributed by atoms with E-state index in [1.54, 1.807) is 17.8 Å². The number of benzene rings is 1. The van der Waals surface area contributed by atoms with Gasteiger partial charge in [0, 0.05) is 11.0 Å². The topological polar surface area (TPSA) is 46.2 Å². The quantitative estimate of drug-likeness (QED) is 0.832. The summed E-state index contributed by atoms with van der Waals surface area (Å²) in [5, 5.41) is 0.490. The van der Waals surface area contributed by atoms with Crippen molar-refractivity contribution in [2.75, 3.05) is 18.6 Å². The largest absolute Gasteiger partial charge is 0.240 e. The highest BCUT2D eigenvalue weighted by atomic mass is 79.9. The Balaban J connectivity index is 2.77. The van der Waals surface area contributed by atoms with Crippen LogP contribution in [0, 0.1) is 5.92 Å². The van der Waals surface area contributed by atoms with E-state index in [-0.39, 0.29) is 4.90 Å². The maximum atomic E-state index is 12.0. The molecule has 0 spiro atoms. The van der Waals surface area contributed by atoms with Crippen LogP contribution in [0.15, 0.2) is 27.6 Å². The van der Waals surface area contributed by atoms with Gasteiger partial charge in [0.25, 0.3) is 0 Å². The van der Waals surface area contributed by atoms with Crippen molar-refractivity contribution in [2.24, 2.45) is 5.92 Å². The minimum atomic E-state index is -3.46. The fourth-order valence-corrected chi connectivity index (χ4v) is 3.85. The van der Waals surface area contributed by atoms with Crippen LogP contribution in [0.3, 0.4) is 0 Å². The third kappa shape index (κ3) is 4.74. The molecule has 0 aromatic heterocycles. The van der Waals surface area contributed by atoms with E-state index >= 15 is 0 Å². The van der Waals surface area contributed by atoms with E-state index < -0.39 is 10.0 Å². The highest BCUT2D eigenvalue weighted by Crippen LogP contribution is 2.25. The summed E-state index contributed by atoms with van der Waals surface area (Å²) in [6.07, 6.45) is 2.00. The van der Waals surface area contributed by atoms with E-state index in [0.717, 1.165) is 5.75 Å². The summed E-state index contributed by atoms with van der Waals surface area (Å²) in [5.41, 5.74) is 0. The molecule has 0 bridgehead atoms. The Hall–Kier alpha value is 0.250. The van der Waals surface area contributed by atoms with Crippen molar-refractivity contribution in [3.63, 3.8) is 0 Å². The Labute approximate surface area is 126 Å². The van der Waals surface area contributed by atoms with Crippen LogP contribution < -0.4 is 4.72 Å². The van der Waals surface area contributed by atoms with Crippen molar-refractivity contribution < 1.29 is 8.42 Å². The normalized spacial score (nSPS) is 13.6. The summed E-state index contributed by atoms with van der Waals surface area (Å²) in [7, 11) is -3.46. The van der Waals surface area contributed by atoms with Gasteiger partial charge in [0.15, 0.2) is 0 Å². The first kappa shape index (κ1) is 16.3. The number of hydrogen-bond acceptors (Lipinski definition) is 3. The number of halogens is 2. The van der Waals surface area contributed by atoms with E-state index in [2.05, 4.69) is 20.7 Å². The molecule has 0 radical (unpaired) electrons. The zero-order valence-electron chi connectivity index (χ0n) is 10.1. The van der Waals surface area contributed by atoms with E-state index in [9.17, 15) is 8.42 Å². The molecule has 102 valence electrons. The first-order valence-electron chi connectivity index (χ1n) is 5.30. The van der Waals surface area contributed by atoms with Crippen LogP contribution in [0.25, 0.3) is 0 Å². The molecule has 0 aliphatic heterocycles. The molecule has 18 heavy (non-hydrogen) atoms. The van der Waals surface area contributed by atoms with Crippen molar-refractivity contribution in [3.05, 3.63) is 27.7 Å². The van der Waals surface area contributed by atoms with E-state index in [4.69, 9.17) is 11.6 Å². The molecular formula is C11H15BrClNO2S2. The lowest BCUT2D eigenvalue weighted by atomic mass is 10.2. The van der Waals surface area contributed by atoms with E-state index in [0.29, 0.717) is 22.0 Å². The molecule has 0 saturated heterocycles. The molecule has 0 aliphatic rings. The van der Waals surface area contributed by atoms with Gasteiger partial charge in [-0.1, -0.05) is 18.5 Å². The molecule has 0 amide bonds. The summed E-state index contributed by atoms with van der Waals surface area (Å²) in [4.78, 5) is 0.218. The molecule has 1 unspecified atom stereocenters. The Kier molecular flexibility index (Phi) is 6.47. The molecule has 3 nitrogen and oxygen atoms in total. The zero-order valence-corrected chi connectivity index (χ0v) is 14.1. The third-order valence-corrected chi connectivity index (χ3v) is 5.81. The van der Waals surface area contributed by atoms with Crippen molar-refractivity contribution in [1.29, 1.82) is 0 Å². The SMILES string of the molecule is CSCC(C)CNS(=O)(=O)c1ccc(Cl)c(Br)c1. The summed E-state index contributed by atoms with van der Waals surface area (Å²) in [6.45, 7) is 2.44. The summed E-state index contributed by atoms with van der Waals surface area (Å²) < 4.78 is 27.2. The summed E-state index contributed by atoms with van der Waals surface area (Å²) in [5.74, 6) is 1.22. The Morgan fingerprint density at radius 1 is 1.50 bits per heavy atom. The molecule has 7 heteroatoms. The summed E-state index contributed by atoms with van der Waals surface area (Å²) >= 11 is 10.8. The monoisotopic (exact) mass is 371 g/mol. The number of sulfonamides is 1. The molecular weight excluding hydrogens is 358 g/mol. The predicted octanol–water partition coefficient (Wildman–Crippen LogP) is 3.38. The lowest BCUT2D eigenvalue weighted by Gasteiger charge is -2.12. The Morgan fingerprint density at radius 2 is 2.17 bits per heavy atom. The number of thioether (sulfide) groups is 1. The lowest BCUT2D eigenvalue weighted by molar-refractivity contribution is 0.562. The molecule has 1 aromatic carbocycles. The van der Waals surface area contributed by atoms with Gasteiger partial charge in [0.05, 0.1) is 9.92 Å².